The molecule has 0 saturated carbocycles. The van der Waals surface area contributed by atoms with E-state index in [0.717, 1.165) is 23.0 Å². The molecule has 0 aromatic carbocycles. The Kier molecular flexibility index (Phi) is 51.9. The Bertz CT molecular complexity index is 288. The standard InChI is InChI=1S/2C4H8N2S4.2Mn.H3N.Zn/c2*5-3(7)9-1-2-10-4(6)8;;;;/h2*1-2H2,(H2,5,7)(H2,6,8);;;1H3;. The predicted molar refractivity (Wildman–Crippen MR) is 122 cm³/mol. The molecule has 0 spiro atoms. The first-order valence-corrected chi connectivity index (χ1v) is 10.5. The second-order valence-corrected chi connectivity index (χ2v) is 10.0. The van der Waals surface area contributed by atoms with Gasteiger partial charge in [-0.05, 0) is 0 Å². The Hall–Kier alpha value is 2.58. The topological polar surface area (TPSA) is 139 Å². The SMILES string of the molecule is N.NC(=S)SCCSC(N)=S.NC(=S)SCCSC(N)=S.[Mn].[Mn].[Zn]. The molecule has 0 aromatic heterocycles. The molecule has 0 aliphatic heterocycles. The van der Waals surface area contributed by atoms with Crippen molar-refractivity contribution in [2.75, 3.05) is 23.0 Å². The largest absolute Gasteiger partial charge is 0.385 e. The molecule has 0 aliphatic carbocycles. The minimum atomic E-state index is 0. The van der Waals surface area contributed by atoms with Crippen LogP contribution in [0.25, 0.3) is 0 Å². The zero-order valence-electron chi connectivity index (χ0n) is 12.6. The van der Waals surface area contributed by atoms with Gasteiger partial charge in [-0.15, -0.1) is 0 Å². The summed E-state index contributed by atoms with van der Waals surface area (Å²) in [5, 5.41) is 0. The molecule has 0 saturated heterocycles. The molecule has 0 unspecified atom stereocenters. The van der Waals surface area contributed by atoms with E-state index in [1.807, 2.05) is 0 Å². The van der Waals surface area contributed by atoms with Gasteiger partial charge in [0, 0.05) is 76.6 Å². The van der Waals surface area contributed by atoms with Crippen molar-refractivity contribution in [2.45, 2.75) is 0 Å². The maximum atomic E-state index is 5.23. The van der Waals surface area contributed by atoms with E-state index < -0.39 is 0 Å². The monoisotopic (exact) mass is 615 g/mol. The average molecular weight is 617 g/mol. The van der Waals surface area contributed by atoms with Crippen molar-refractivity contribution in [3.05, 3.63) is 0 Å². The maximum Gasteiger partial charge on any atom is 0.131 e. The van der Waals surface area contributed by atoms with Crippen LogP contribution in [0.2, 0.25) is 0 Å². The summed E-state index contributed by atoms with van der Waals surface area (Å²) in [7, 11) is 0. The van der Waals surface area contributed by atoms with Gasteiger partial charge in [0.1, 0.15) is 17.3 Å². The number of hydrogen-bond donors (Lipinski definition) is 5. The molecule has 0 aromatic rings. The first-order chi connectivity index (χ1) is 9.25. The fourth-order valence-electron chi connectivity index (χ4n) is 0.569. The summed E-state index contributed by atoms with van der Waals surface area (Å²) in [4.78, 5) is 0. The summed E-state index contributed by atoms with van der Waals surface area (Å²) < 4.78 is 1.90. The third kappa shape index (κ3) is 49.7. The Balaban J connectivity index is -0.0000000579. The van der Waals surface area contributed by atoms with Gasteiger partial charge in [0.05, 0.1) is 0 Å². The molecule has 24 heavy (non-hydrogen) atoms. The van der Waals surface area contributed by atoms with E-state index >= 15 is 0 Å². The van der Waals surface area contributed by atoms with Crippen LogP contribution in [-0.4, -0.2) is 40.3 Å². The van der Waals surface area contributed by atoms with Crippen LogP contribution in [-0.2, 0) is 53.6 Å². The van der Waals surface area contributed by atoms with Gasteiger partial charge in [0.15, 0.2) is 0 Å². The Morgan fingerprint density at radius 2 is 0.667 bits per heavy atom. The number of thiocarbonyl (C=S) groups is 4. The minimum absolute atomic E-state index is 0. The van der Waals surface area contributed by atoms with Crippen LogP contribution < -0.4 is 29.1 Å². The van der Waals surface area contributed by atoms with Crippen molar-refractivity contribution in [2.24, 2.45) is 22.9 Å². The van der Waals surface area contributed by atoms with Gasteiger partial charge in [-0.25, -0.2) is 0 Å². The van der Waals surface area contributed by atoms with E-state index in [1.165, 1.54) is 47.0 Å². The van der Waals surface area contributed by atoms with Gasteiger partial charge in [0.25, 0.3) is 0 Å². The first kappa shape index (κ1) is 41.1. The summed E-state index contributed by atoms with van der Waals surface area (Å²) in [6, 6.07) is 0. The van der Waals surface area contributed by atoms with E-state index in [-0.39, 0.29) is 59.8 Å². The van der Waals surface area contributed by atoms with Crippen LogP contribution in [0, 0.1) is 0 Å². The fraction of sp³-hybridized carbons (Fsp3) is 0.500. The van der Waals surface area contributed by atoms with Crippen molar-refractivity contribution in [3.8, 4) is 0 Å². The minimum Gasteiger partial charge on any atom is -0.385 e. The molecule has 5 nitrogen and oxygen atoms in total. The zero-order chi connectivity index (χ0) is 16.0. The molecule has 0 rings (SSSR count). The molecule has 0 amide bonds. The van der Waals surface area contributed by atoms with Crippen molar-refractivity contribution in [3.63, 3.8) is 0 Å². The normalized spacial score (nSPS) is 7.67. The third-order valence-electron chi connectivity index (χ3n) is 1.14. The van der Waals surface area contributed by atoms with Gasteiger partial charge >= 0.3 is 0 Å². The Morgan fingerprint density at radius 3 is 0.750 bits per heavy atom. The molecular formula is C8H19Mn2N5S8Zn. The van der Waals surface area contributed by atoms with Crippen LogP contribution in [0.15, 0.2) is 0 Å². The van der Waals surface area contributed by atoms with Crippen LogP contribution in [0.3, 0.4) is 0 Å². The van der Waals surface area contributed by atoms with Gasteiger partial charge in [-0.3, -0.25) is 0 Å². The van der Waals surface area contributed by atoms with E-state index in [4.69, 9.17) is 22.9 Å². The summed E-state index contributed by atoms with van der Waals surface area (Å²) in [5.74, 6) is 3.49. The average Bonchev–Trinajstić information content (AvgIpc) is 2.30. The smallest absolute Gasteiger partial charge is 0.131 e. The van der Waals surface area contributed by atoms with Gasteiger partial charge in [-0.2, -0.15) is 0 Å². The Morgan fingerprint density at radius 1 is 0.542 bits per heavy atom. The summed E-state index contributed by atoms with van der Waals surface area (Å²) in [6.07, 6.45) is 0. The summed E-state index contributed by atoms with van der Waals surface area (Å²) in [5.41, 5.74) is 20.9. The van der Waals surface area contributed by atoms with Gasteiger partial charge in [0.2, 0.25) is 0 Å². The zero-order valence-corrected chi connectivity index (χ0v) is 24.4. The molecule has 0 bridgehead atoms. The molecule has 0 fully saturated rings. The first-order valence-electron chi connectivity index (χ1n) is 4.94. The van der Waals surface area contributed by atoms with Crippen LogP contribution in [0.5, 0.6) is 0 Å². The number of nitrogens with two attached hydrogens (primary N) is 4. The van der Waals surface area contributed by atoms with E-state index in [1.54, 1.807) is 0 Å². The van der Waals surface area contributed by atoms with E-state index in [2.05, 4.69) is 48.9 Å². The molecule has 0 heterocycles. The van der Waals surface area contributed by atoms with Gasteiger partial charge < -0.3 is 29.1 Å². The van der Waals surface area contributed by atoms with Gasteiger partial charge in [-0.1, -0.05) is 95.9 Å². The number of thioether (sulfide) groups is 4. The van der Waals surface area contributed by atoms with Crippen LogP contribution in [0.1, 0.15) is 0 Å². The number of hydrogen-bond acceptors (Lipinski definition) is 9. The fourth-order valence-corrected chi connectivity index (χ4v) is 3.71. The van der Waals surface area contributed by atoms with E-state index in [9.17, 15) is 0 Å². The summed E-state index contributed by atoms with van der Waals surface area (Å²) in [6.45, 7) is 0. The second kappa shape index (κ2) is 30.3. The molecule has 2 radical (unpaired) electrons. The van der Waals surface area contributed by atoms with Crippen molar-refractivity contribution < 1.29 is 53.6 Å². The van der Waals surface area contributed by atoms with Crippen LogP contribution in [0.4, 0.5) is 0 Å². The molecule has 0 atom stereocenters. The summed E-state index contributed by atoms with van der Waals surface area (Å²) >= 11 is 24.4. The third-order valence-corrected chi connectivity index (χ3v) is 5.85. The molecule has 11 N–H and O–H groups in total. The quantitative estimate of drug-likeness (QED) is 0.169. The van der Waals surface area contributed by atoms with Crippen molar-refractivity contribution in [1.29, 1.82) is 0 Å². The van der Waals surface area contributed by atoms with E-state index in [0.29, 0.717) is 17.3 Å². The molecule has 16 heteroatoms. The molecule has 140 valence electrons. The maximum absolute atomic E-state index is 5.23. The molecule has 0 aliphatic rings. The van der Waals surface area contributed by atoms with Crippen molar-refractivity contribution in [1.82, 2.24) is 6.15 Å². The van der Waals surface area contributed by atoms with Crippen molar-refractivity contribution >= 4 is 113 Å². The number of rotatable bonds is 6. The molecular weight excluding hydrogens is 598 g/mol. The Labute approximate surface area is 216 Å². The van der Waals surface area contributed by atoms with Crippen LogP contribution >= 0.6 is 95.9 Å². The predicted octanol–water partition coefficient (Wildman–Crippen LogP) is 2.03. The second-order valence-electron chi connectivity index (χ2n) is 2.67.